The highest BCUT2D eigenvalue weighted by atomic mass is 35.5. The molecule has 0 radical (unpaired) electrons. The Morgan fingerprint density at radius 2 is 2.10 bits per heavy atom. The SMILES string of the molecule is C[C@H](CO)C(O)c1ccc(OC2CCOCC2)c(Cl)c1. The van der Waals surface area contributed by atoms with E-state index in [1.807, 2.05) is 0 Å². The third-order valence-corrected chi connectivity index (χ3v) is 3.88. The normalized spacial score (nSPS) is 19.6. The molecule has 0 amide bonds. The molecule has 4 nitrogen and oxygen atoms in total. The van der Waals surface area contributed by atoms with Crippen LogP contribution in [0.5, 0.6) is 5.75 Å². The predicted octanol–water partition coefficient (Wildman–Crippen LogP) is 2.56. The molecule has 112 valence electrons. The molecule has 1 fully saturated rings. The van der Waals surface area contributed by atoms with Crippen molar-refractivity contribution in [1.29, 1.82) is 0 Å². The van der Waals surface area contributed by atoms with Gasteiger partial charge in [0.05, 0.1) is 24.3 Å². The summed E-state index contributed by atoms with van der Waals surface area (Å²) in [6.45, 7) is 3.14. The van der Waals surface area contributed by atoms with Crippen LogP contribution in [0.2, 0.25) is 5.02 Å². The van der Waals surface area contributed by atoms with E-state index in [1.54, 1.807) is 25.1 Å². The lowest BCUT2D eigenvalue weighted by molar-refractivity contribution is 0.0255. The van der Waals surface area contributed by atoms with E-state index < -0.39 is 6.10 Å². The Hall–Kier alpha value is -0.810. The third-order valence-electron chi connectivity index (χ3n) is 3.59. The van der Waals surface area contributed by atoms with Crippen LogP contribution in [0.1, 0.15) is 31.4 Å². The van der Waals surface area contributed by atoms with Crippen LogP contribution in [0.3, 0.4) is 0 Å². The van der Waals surface area contributed by atoms with Gasteiger partial charge < -0.3 is 19.7 Å². The molecule has 0 spiro atoms. The molecule has 0 aliphatic carbocycles. The van der Waals surface area contributed by atoms with Crippen molar-refractivity contribution in [3.63, 3.8) is 0 Å². The number of benzene rings is 1. The summed E-state index contributed by atoms with van der Waals surface area (Å²) in [5.41, 5.74) is 0.691. The Morgan fingerprint density at radius 1 is 1.40 bits per heavy atom. The molecular weight excluding hydrogens is 280 g/mol. The Labute approximate surface area is 124 Å². The van der Waals surface area contributed by atoms with Gasteiger partial charge in [0.2, 0.25) is 0 Å². The Balaban J connectivity index is 2.05. The van der Waals surface area contributed by atoms with Crippen molar-refractivity contribution < 1.29 is 19.7 Å². The lowest BCUT2D eigenvalue weighted by Gasteiger charge is -2.24. The highest BCUT2D eigenvalue weighted by Gasteiger charge is 2.19. The molecule has 1 aliphatic rings. The summed E-state index contributed by atoms with van der Waals surface area (Å²) in [5, 5.41) is 19.6. The van der Waals surface area contributed by atoms with Crippen LogP contribution in [0, 0.1) is 5.92 Å². The molecule has 5 heteroatoms. The van der Waals surface area contributed by atoms with E-state index in [1.165, 1.54) is 0 Å². The lowest BCUT2D eigenvalue weighted by atomic mass is 9.98. The molecule has 1 unspecified atom stereocenters. The third kappa shape index (κ3) is 3.85. The van der Waals surface area contributed by atoms with Gasteiger partial charge >= 0.3 is 0 Å². The number of rotatable bonds is 5. The molecule has 2 rings (SSSR count). The number of halogens is 1. The van der Waals surface area contributed by atoms with E-state index in [9.17, 15) is 5.11 Å². The second-order valence-electron chi connectivity index (χ2n) is 5.22. The molecule has 1 aliphatic heterocycles. The minimum Gasteiger partial charge on any atom is -0.489 e. The maximum Gasteiger partial charge on any atom is 0.138 e. The number of hydrogen-bond donors (Lipinski definition) is 2. The van der Waals surface area contributed by atoms with Crippen LogP contribution in [0.4, 0.5) is 0 Å². The minimum atomic E-state index is -0.727. The highest BCUT2D eigenvalue weighted by Crippen LogP contribution is 2.32. The van der Waals surface area contributed by atoms with Gasteiger partial charge in [0.25, 0.3) is 0 Å². The first-order valence-electron chi connectivity index (χ1n) is 6.94. The van der Waals surface area contributed by atoms with E-state index in [4.69, 9.17) is 26.2 Å². The molecule has 1 aromatic rings. The molecule has 0 saturated carbocycles. The van der Waals surface area contributed by atoms with Crippen LogP contribution in [-0.2, 0) is 4.74 Å². The Bertz CT molecular complexity index is 432. The monoisotopic (exact) mass is 300 g/mol. The zero-order valence-corrected chi connectivity index (χ0v) is 12.3. The highest BCUT2D eigenvalue weighted by molar-refractivity contribution is 6.32. The number of aliphatic hydroxyl groups excluding tert-OH is 2. The minimum absolute atomic E-state index is 0.0703. The van der Waals surface area contributed by atoms with Crippen molar-refractivity contribution in [2.24, 2.45) is 5.92 Å². The van der Waals surface area contributed by atoms with Crippen molar-refractivity contribution in [2.75, 3.05) is 19.8 Å². The van der Waals surface area contributed by atoms with E-state index >= 15 is 0 Å². The molecule has 1 aromatic carbocycles. The summed E-state index contributed by atoms with van der Waals surface area (Å²) < 4.78 is 11.2. The van der Waals surface area contributed by atoms with Gasteiger partial charge in [-0.2, -0.15) is 0 Å². The Kier molecular flexibility index (Phi) is 5.66. The second-order valence-corrected chi connectivity index (χ2v) is 5.63. The second kappa shape index (κ2) is 7.27. The molecule has 1 heterocycles. The largest absolute Gasteiger partial charge is 0.489 e. The fourth-order valence-corrected chi connectivity index (χ4v) is 2.43. The van der Waals surface area contributed by atoms with E-state index in [-0.39, 0.29) is 18.6 Å². The smallest absolute Gasteiger partial charge is 0.138 e. The summed E-state index contributed by atoms with van der Waals surface area (Å²) in [5.74, 6) is 0.402. The first-order valence-corrected chi connectivity index (χ1v) is 7.32. The topological polar surface area (TPSA) is 58.9 Å². The van der Waals surface area contributed by atoms with Crippen LogP contribution in [0.25, 0.3) is 0 Å². The summed E-state index contributed by atoms with van der Waals surface area (Å²) in [6, 6.07) is 5.27. The van der Waals surface area contributed by atoms with Crippen molar-refractivity contribution in [1.82, 2.24) is 0 Å². The van der Waals surface area contributed by atoms with Gasteiger partial charge in [-0.3, -0.25) is 0 Å². The average Bonchev–Trinajstić information content (AvgIpc) is 2.48. The van der Waals surface area contributed by atoms with Crippen LogP contribution >= 0.6 is 11.6 Å². The van der Waals surface area contributed by atoms with E-state index in [2.05, 4.69) is 0 Å². The average molecular weight is 301 g/mol. The predicted molar refractivity (Wildman–Crippen MR) is 77.1 cm³/mol. The fraction of sp³-hybridized carbons (Fsp3) is 0.600. The quantitative estimate of drug-likeness (QED) is 0.877. The van der Waals surface area contributed by atoms with E-state index in [0.717, 1.165) is 12.8 Å². The molecule has 0 bridgehead atoms. The molecule has 1 saturated heterocycles. The van der Waals surface area contributed by atoms with Crippen LogP contribution < -0.4 is 4.74 Å². The number of hydrogen-bond acceptors (Lipinski definition) is 4. The maximum absolute atomic E-state index is 10.0. The van der Waals surface area contributed by atoms with Gasteiger partial charge in [0, 0.05) is 25.4 Å². The Morgan fingerprint density at radius 3 is 2.70 bits per heavy atom. The molecule has 0 aromatic heterocycles. The van der Waals surface area contributed by atoms with Gasteiger partial charge in [0.15, 0.2) is 0 Å². The van der Waals surface area contributed by atoms with Crippen LogP contribution in [0.15, 0.2) is 18.2 Å². The van der Waals surface area contributed by atoms with Gasteiger partial charge in [-0.1, -0.05) is 24.6 Å². The zero-order chi connectivity index (χ0) is 14.5. The van der Waals surface area contributed by atoms with Crippen molar-refractivity contribution in [3.05, 3.63) is 28.8 Å². The number of ether oxygens (including phenoxy) is 2. The molecule has 2 atom stereocenters. The summed E-state index contributed by atoms with van der Waals surface area (Å²) in [7, 11) is 0. The standard InChI is InChI=1S/C15H21ClO4/c1-10(9-17)15(18)11-2-3-14(13(16)8-11)20-12-4-6-19-7-5-12/h2-3,8,10,12,15,17-18H,4-7,9H2,1H3/t10-,15?/m1/s1. The number of aliphatic hydroxyl groups is 2. The first kappa shape index (κ1) is 15.6. The zero-order valence-electron chi connectivity index (χ0n) is 11.6. The van der Waals surface area contributed by atoms with Gasteiger partial charge in [-0.25, -0.2) is 0 Å². The van der Waals surface area contributed by atoms with Gasteiger partial charge in [-0.15, -0.1) is 0 Å². The fourth-order valence-electron chi connectivity index (χ4n) is 2.20. The van der Waals surface area contributed by atoms with Gasteiger partial charge in [-0.05, 0) is 17.7 Å². The van der Waals surface area contributed by atoms with Crippen molar-refractivity contribution in [2.45, 2.75) is 32.0 Å². The van der Waals surface area contributed by atoms with E-state index in [0.29, 0.717) is 29.5 Å². The lowest BCUT2D eigenvalue weighted by Crippen LogP contribution is -2.26. The van der Waals surface area contributed by atoms with Crippen LogP contribution in [-0.4, -0.2) is 36.1 Å². The maximum atomic E-state index is 10.0. The molecule has 2 N–H and O–H groups in total. The van der Waals surface area contributed by atoms with Crippen molar-refractivity contribution in [3.8, 4) is 5.75 Å². The summed E-state index contributed by atoms with van der Waals surface area (Å²) >= 11 is 6.21. The summed E-state index contributed by atoms with van der Waals surface area (Å²) in [4.78, 5) is 0. The van der Waals surface area contributed by atoms with Gasteiger partial charge in [0.1, 0.15) is 11.9 Å². The summed E-state index contributed by atoms with van der Waals surface area (Å²) in [6.07, 6.45) is 1.13. The molecular formula is C15H21ClO4. The van der Waals surface area contributed by atoms with Crippen molar-refractivity contribution >= 4 is 11.6 Å². The first-order chi connectivity index (χ1) is 9.61. The molecule has 20 heavy (non-hydrogen) atoms.